The summed E-state index contributed by atoms with van der Waals surface area (Å²) in [6.07, 6.45) is 3.76. The van der Waals surface area contributed by atoms with Crippen molar-refractivity contribution in [3.05, 3.63) is 46.4 Å². The van der Waals surface area contributed by atoms with Crippen molar-refractivity contribution in [1.82, 2.24) is 10.3 Å². The predicted molar refractivity (Wildman–Crippen MR) is 77.8 cm³/mol. The molecule has 1 atom stereocenters. The first-order valence-corrected chi connectivity index (χ1v) is 6.96. The van der Waals surface area contributed by atoms with Crippen molar-refractivity contribution in [2.75, 3.05) is 6.54 Å². The standard InChI is InChI=1S/C15H17N3O3/c16-11(9-3-4-9)8-17-14(19)10-5-6-12(18-15(10)20)13-2-1-7-21-13/h1-2,5-7,9,11H,3-4,8,16H2,(H,17,19)(H,18,20). The molecule has 4 N–H and O–H groups in total. The zero-order valence-corrected chi connectivity index (χ0v) is 11.5. The van der Waals surface area contributed by atoms with E-state index < -0.39 is 11.5 Å². The van der Waals surface area contributed by atoms with Crippen LogP contribution in [-0.4, -0.2) is 23.5 Å². The molecule has 0 saturated heterocycles. The van der Waals surface area contributed by atoms with Crippen molar-refractivity contribution < 1.29 is 9.21 Å². The van der Waals surface area contributed by atoms with Crippen molar-refractivity contribution >= 4 is 5.91 Å². The Labute approximate surface area is 121 Å². The zero-order valence-electron chi connectivity index (χ0n) is 11.5. The molecule has 3 rings (SSSR count). The van der Waals surface area contributed by atoms with E-state index in [9.17, 15) is 9.59 Å². The smallest absolute Gasteiger partial charge is 0.261 e. The van der Waals surface area contributed by atoms with Gasteiger partial charge in [0.1, 0.15) is 11.3 Å². The van der Waals surface area contributed by atoms with E-state index in [1.807, 2.05) is 0 Å². The van der Waals surface area contributed by atoms with Crippen LogP contribution in [-0.2, 0) is 0 Å². The van der Waals surface area contributed by atoms with Gasteiger partial charge in [-0.25, -0.2) is 0 Å². The van der Waals surface area contributed by atoms with Gasteiger partial charge in [-0.05, 0) is 43.0 Å². The first-order chi connectivity index (χ1) is 10.1. The molecule has 0 bridgehead atoms. The van der Waals surface area contributed by atoms with Crippen LogP contribution < -0.4 is 16.6 Å². The second kappa shape index (κ2) is 5.57. The number of nitrogens with one attached hydrogen (secondary N) is 2. The summed E-state index contributed by atoms with van der Waals surface area (Å²) in [5.41, 5.74) is 6.09. The number of rotatable bonds is 5. The van der Waals surface area contributed by atoms with Gasteiger partial charge in [0.25, 0.3) is 11.5 Å². The van der Waals surface area contributed by atoms with Crippen LogP contribution in [0.3, 0.4) is 0 Å². The summed E-state index contributed by atoms with van der Waals surface area (Å²) in [4.78, 5) is 26.6. The van der Waals surface area contributed by atoms with Gasteiger partial charge in [-0.3, -0.25) is 9.59 Å². The number of carbonyl (C=O) groups is 1. The first-order valence-electron chi connectivity index (χ1n) is 6.96. The number of hydrogen-bond donors (Lipinski definition) is 3. The van der Waals surface area contributed by atoms with Gasteiger partial charge in [0.05, 0.1) is 12.0 Å². The molecule has 2 heterocycles. The molecule has 1 fully saturated rings. The molecule has 1 unspecified atom stereocenters. The number of nitrogens with two attached hydrogens (primary N) is 1. The lowest BCUT2D eigenvalue weighted by Crippen LogP contribution is -2.40. The molecule has 1 aliphatic carbocycles. The normalized spacial score (nSPS) is 15.7. The van der Waals surface area contributed by atoms with E-state index >= 15 is 0 Å². The van der Waals surface area contributed by atoms with Crippen molar-refractivity contribution in [2.45, 2.75) is 18.9 Å². The average molecular weight is 287 g/mol. The third-order valence-corrected chi connectivity index (χ3v) is 3.67. The van der Waals surface area contributed by atoms with Crippen molar-refractivity contribution in [3.8, 4) is 11.5 Å². The van der Waals surface area contributed by atoms with Crippen LogP contribution in [0.25, 0.3) is 11.5 Å². The average Bonchev–Trinajstić information content (AvgIpc) is 3.19. The van der Waals surface area contributed by atoms with E-state index in [0.29, 0.717) is 23.9 Å². The van der Waals surface area contributed by atoms with Crippen LogP contribution >= 0.6 is 0 Å². The Hall–Kier alpha value is -2.34. The Bertz CT molecular complexity index is 686. The summed E-state index contributed by atoms with van der Waals surface area (Å²) in [5.74, 6) is 0.651. The van der Waals surface area contributed by atoms with Gasteiger partial charge in [-0.2, -0.15) is 0 Å². The maximum Gasteiger partial charge on any atom is 0.261 e. The van der Waals surface area contributed by atoms with Crippen LogP contribution in [0.15, 0.2) is 39.7 Å². The number of amides is 1. The lowest BCUT2D eigenvalue weighted by molar-refractivity contribution is 0.0949. The summed E-state index contributed by atoms with van der Waals surface area (Å²) in [6, 6.07) is 6.58. The molecule has 110 valence electrons. The van der Waals surface area contributed by atoms with Crippen LogP contribution in [0.5, 0.6) is 0 Å². The number of aromatic nitrogens is 1. The van der Waals surface area contributed by atoms with Crippen LogP contribution in [0.1, 0.15) is 23.2 Å². The van der Waals surface area contributed by atoms with Crippen molar-refractivity contribution in [2.24, 2.45) is 11.7 Å². The number of carbonyl (C=O) groups excluding carboxylic acids is 1. The minimum absolute atomic E-state index is 0.0320. The number of hydrogen-bond acceptors (Lipinski definition) is 4. The number of aromatic amines is 1. The monoisotopic (exact) mass is 287 g/mol. The van der Waals surface area contributed by atoms with Crippen molar-refractivity contribution in [1.29, 1.82) is 0 Å². The summed E-state index contributed by atoms with van der Waals surface area (Å²) in [7, 11) is 0. The molecular weight excluding hydrogens is 270 g/mol. The quantitative estimate of drug-likeness (QED) is 0.766. The molecule has 2 aromatic rings. The molecule has 2 aromatic heterocycles. The second-order valence-corrected chi connectivity index (χ2v) is 5.30. The lowest BCUT2D eigenvalue weighted by atomic mass is 10.2. The second-order valence-electron chi connectivity index (χ2n) is 5.30. The fourth-order valence-corrected chi connectivity index (χ4v) is 2.22. The number of furan rings is 1. The molecule has 0 radical (unpaired) electrons. The molecule has 0 aromatic carbocycles. The minimum Gasteiger partial charge on any atom is -0.463 e. The van der Waals surface area contributed by atoms with Gasteiger partial charge in [-0.15, -0.1) is 0 Å². The zero-order chi connectivity index (χ0) is 14.8. The van der Waals surface area contributed by atoms with Gasteiger partial charge in [0.2, 0.25) is 0 Å². The Morgan fingerprint density at radius 1 is 1.43 bits per heavy atom. The Balaban J connectivity index is 1.70. The van der Waals surface area contributed by atoms with E-state index in [-0.39, 0.29) is 11.6 Å². The highest BCUT2D eigenvalue weighted by Crippen LogP contribution is 2.31. The topological polar surface area (TPSA) is 101 Å². The third kappa shape index (κ3) is 3.05. The first kappa shape index (κ1) is 13.6. The maximum atomic E-state index is 12.0. The predicted octanol–water partition coefficient (Wildman–Crippen LogP) is 1.10. The van der Waals surface area contributed by atoms with E-state index in [0.717, 1.165) is 12.8 Å². The molecule has 6 nitrogen and oxygen atoms in total. The third-order valence-electron chi connectivity index (χ3n) is 3.67. The highest BCUT2D eigenvalue weighted by Gasteiger charge is 2.28. The highest BCUT2D eigenvalue weighted by atomic mass is 16.3. The Morgan fingerprint density at radius 2 is 2.24 bits per heavy atom. The van der Waals surface area contributed by atoms with Gasteiger partial charge in [0.15, 0.2) is 0 Å². The van der Waals surface area contributed by atoms with E-state index in [1.54, 1.807) is 18.2 Å². The lowest BCUT2D eigenvalue weighted by Gasteiger charge is -2.11. The van der Waals surface area contributed by atoms with Gasteiger partial charge < -0.3 is 20.5 Å². The molecular formula is C15H17N3O3. The van der Waals surface area contributed by atoms with Crippen LogP contribution in [0.2, 0.25) is 0 Å². The fourth-order valence-electron chi connectivity index (χ4n) is 2.22. The van der Waals surface area contributed by atoms with Crippen LogP contribution in [0.4, 0.5) is 0 Å². The summed E-state index contributed by atoms with van der Waals surface area (Å²) in [5, 5.41) is 2.71. The highest BCUT2D eigenvalue weighted by molar-refractivity contribution is 5.94. The molecule has 1 saturated carbocycles. The molecule has 1 amide bonds. The van der Waals surface area contributed by atoms with E-state index in [4.69, 9.17) is 10.2 Å². The van der Waals surface area contributed by atoms with Gasteiger partial charge in [-0.1, -0.05) is 0 Å². The fraction of sp³-hybridized carbons (Fsp3) is 0.333. The number of H-pyrrole nitrogens is 1. The van der Waals surface area contributed by atoms with Gasteiger partial charge >= 0.3 is 0 Å². The summed E-state index contributed by atoms with van der Waals surface area (Å²) in [6.45, 7) is 0.392. The van der Waals surface area contributed by atoms with E-state index in [1.165, 1.54) is 12.3 Å². The summed E-state index contributed by atoms with van der Waals surface area (Å²) < 4.78 is 5.20. The molecule has 21 heavy (non-hydrogen) atoms. The largest absolute Gasteiger partial charge is 0.463 e. The molecule has 6 heteroatoms. The molecule has 1 aliphatic rings. The van der Waals surface area contributed by atoms with Crippen LogP contribution in [0, 0.1) is 5.92 Å². The summed E-state index contributed by atoms with van der Waals surface area (Å²) >= 11 is 0. The number of pyridine rings is 1. The molecule has 0 aliphatic heterocycles. The maximum absolute atomic E-state index is 12.0. The Morgan fingerprint density at radius 3 is 2.86 bits per heavy atom. The van der Waals surface area contributed by atoms with Crippen molar-refractivity contribution in [3.63, 3.8) is 0 Å². The SMILES string of the molecule is NC(CNC(=O)c1ccc(-c2ccco2)[nH]c1=O)C1CC1. The molecule has 0 spiro atoms. The van der Waals surface area contributed by atoms with Gasteiger partial charge in [0, 0.05) is 12.6 Å². The minimum atomic E-state index is -0.443. The Kier molecular flexibility index (Phi) is 3.62. The van der Waals surface area contributed by atoms with E-state index in [2.05, 4.69) is 10.3 Å².